The maximum absolute atomic E-state index is 10.5. The second-order valence-corrected chi connectivity index (χ2v) is 2.06. The van der Waals surface area contributed by atoms with E-state index < -0.39 is 0 Å². The van der Waals surface area contributed by atoms with Gasteiger partial charge in [-0.25, -0.2) is 0 Å². The standard InChI is InChI=1S/C6H9NO2/c1-2-5-4(7)3-6(8)9-5/h2,4-5H,1,3,7H2/t4-,5?/m0/s1. The number of hydrogen-bond acceptors (Lipinski definition) is 3. The summed E-state index contributed by atoms with van der Waals surface area (Å²) in [4.78, 5) is 10.5. The Morgan fingerprint density at radius 3 is 2.78 bits per heavy atom. The van der Waals surface area contributed by atoms with E-state index in [1.807, 2.05) is 0 Å². The van der Waals surface area contributed by atoms with Crippen LogP contribution in [0.5, 0.6) is 0 Å². The largest absolute Gasteiger partial charge is 0.456 e. The van der Waals surface area contributed by atoms with Crippen LogP contribution in [-0.4, -0.2) is 18.1 Å². The summed E-state index contributed by atoms with van der Waals surface area (Å²) in [6.45, 7) is 3.47. The second-order valence-electron chi connectivity index (χ2n) is 2.06. The van der Waals surface area contributed by atoms with E-state index in [0.29, 0.717) is 6.42 Å². The molecule has 3 heteroatoms. The van der Waals surface area contributed by atoms with Crippen molar-refractivity contribution in [2.75, 3.05) is 0 Å². The van der Waals surface area contributed by atoms with Gasteiger partial charge in [-0.05, 0) is 6.08 Å². The van der Waals surface area contributed by atoms with E-state index in [9.17, 15) is 4.79 Å². The van der Waals surface area contributed by atoms with Gasteiger partial charge < -0.3 is 10.5 Å². The number of rotatable bonds is 1. The van der Waals surface area contributed by atoms with Crippen LogP contribution < -0.4 is 5.73 Å². The van der Waals surface area contributed by atoms with Crippen LogP contribution in [0.25, 0.3) is 0 Å². The van der Waals surface area contributed by atoms with Crippen molar-refractivity contribution < 1.29 is 9.53 Å². The molecular formula is C6H9NO2. The monoisotopic (exact) mass is 127 g/mol. The Bertz CT molecular complexity index is 144. The van der Waals surface area contributed by atoms with Crippen molar-refractivity contribution in [2.45, 2.75) is 18.6 Å². The summed E-state index contributed by atoms with van der Waals surface area (Å²) in [6.07, 6.45) is 1.60. The van der Waals surface area contributed by atoms with Gasteiger partial charge in [0.15, 0.2) is 0 Å². The topological polar surface area (TPSA) is 52.3 Å². The molecule has 50 valence electrons. The van der Waals surface area contributed by atoms with E-state index in [-0.39, 0.29) is 18.1 Å². The van der Waals surface area contributed by atoms with E-state index in [2.05, 4.69) is 6.58 Å². The molecule has 1 aliphatic rings. The molecule has 9 heavy (non-hydrogen) atoms. The quantitative estimate of drug-likeness (QED) is 0.392. The molecule has 2 N–H and O–H groups in total. The van der Waals surface area contributed by atoms with E-state index in [0.717, 1.165) is 0 Å². The minimum atomic E-state index is -0.266. The van der Waals surface area contributed by atoms with E-state index in [4.69, 9.17) is 10.5 Å². The Hall–Kier alpha value is -0.830. The highest BCUT2D eigenvalue weighted by molar-refractivity contribution is 5.73. The third-order valence-corrected chi connectivity index (χ3v) is 1.32. The minimum Gasteiger partial charge on any atom is -0.456 e. The molecule has 1 saturated heterocycles. The Morgan fingerprint density at radius 1 is 1.89 bits per heavy atom. The lowest BCUT2D eigenvalue weighted by Crippen LogP contribution is -2.27. The first-order chi connectivity index (χ1) is 4.24. The number of cyclic esters (lactones) is 1. The Kier molecular flexibility index (Phi) is 1.53. The Morgan fingerprint density at radius 2 is 2.56 bits per heavy atom. The van der Waals surface area contributed by atoms with Gasteiger partial charge in [-0.15, -0.1) is 0 Å². The normalized spacial score (nSPS) is 34.1. The molecule has 1 fully saturated rings. The lowest BCUT2D eigenvalue weighted by Gasteiger charge is -2.05. The van der Waals surface area contributed by atoms with Crippen molar-refractivity contribution in [3.8, 4) is 0 Å². The predicted octanol–water partition coefficient (Wildman–Crippen LogP) is -0.185. The molecule has 0 aliphatic carbocycles. The highest BCUT2D eigenvalue weighted by Crippen LogP contribution is 2.12. The lowest BCUT2D eigenvalue weighted by atomic mass is 10.1. The summed E-state index contributed by atoms with van der Waals surface area (Å²) in [5.74, 6) is -0.229. The number of nitrogens with two attached hydrogens (primary N) is 1. The van der Waals surface area contributed by atoms with E-state index in [1.165, 1.54) is 0 Å². The summed E-state index contributed by atoms with van der Waals surface area (Å²) in [6, 6.07) is -0.185. The molecule has 1 heterocycles. The third kappa shape index (κ3) is 1.10. The van der Waals surface area contributed by atoms with Gasteiger partial charge in [0.25, 0.3) is 0 Å². The van der Waals surface area contributed by atoms with Crippen molar-refractivity contribution in [1.82, 2.24) is 0 Å². The Labute approximate surface area is 53.5 Å². The molecule has 0 saturated carbocycles. The summed E-state index contributed by atoms with van der Waals surface area (Å²) in [7, 11) is 0. The zero-order valence-corrected chi connectivity index (χ0v) is 5.04. The zero-order valence-electron chi connectivity index (χ0n) is 5.04. The van der Waals surface area contributed by atoms with Gasteiger partial charge in [0, 0.05) is 0 Å². The highest BCUT2D eigenvalue weighted by atomic mass is 16.5. The smallest absolute Gasteiger partial charge is 0.308 e. The van der Waals surface area contributed by atoms with Gasteiger partial charge >= 0.3 is 5.97 Å². The zero-order chi connectivity index (χ0) is 6.85. The predicted molar refractivity (Wildman–Crippen MR) is 32.7 cm³/mol. The Balaban J connectivity index is 2.57. The molecule has 0 amide bonds. The molecular weight excluding hydrogens is 118 g/mol. The molecule has 1 aliphatic heterocycles. The summed E-state index contributed by atoms with van der Waals surface area (Å²) >= 11 is 0. The third-order valence-electron chi connectivity index (χ3n) is 1.32. The molecule has 3 nitrogen and oxygen atoms in total. The summed E-state index contributed by atoms with van der Waals surface area (Å²) in [5.41, 5.74) is 5.46. The van der Waals surface area contributed by atoms with Crippen LogP contribution >= 0.6 is 0 Å². The minimum absolute atomic E-state index is 0.185. The first kappa shape index (κ1) is 6.29. The lowest BCUT2D eigenvalue weighted by molar-refractivity contribution is -0.140. The van der Waals surface area contributed by atoms with Crippen LogP contribution in [0.15, 0.2) is 12.7 Å². The average Bonchev–Trinajstić information content (AvgIpc) is 2.10. The number of ether oxygens (including phenoxy) is 1. The molecule has 0 spiro atoms. The highest BCUT2D eigenvalue weighted by Gasteiger charge is 2.28. The van der Waals surface area contributed by atoms with Crippen molar-refractivity contribution in [2.24, 2.45) is 5.73 Å². The fourth-order valence-electron chi connectivity index (χ4n) is 0.819. The average molecular weight is 127 g/mol. The molecule has 1 rings (SSSR count). The van der Waals surface area contributed by atoms with Gasteiger partial charge in [0.2, 0.25) is 0 Å². The van der Waals surface area contributed by atoms with Gasteiger partial charge in [-0.3, -0.25) is 4.79 Å². The van der Waals surface area contributed by atoms with Gasteiger partial charge in [0.1, 0.15) is 6.10 Å². The maximum Gasteiger partial charge on any atom is 0.308 e. The fraction of sp³-hybridized carbons (Fsp3) is 0.500. The number of hydrogen-bond donors (Lipinski definition) is 1. The van der Waals surface area contributed by atoms with E-state index in [1.54, 1.807) is 6.08 Å². The van der Waals surface area contributed by atoms with Gasteiger partial charge in [0.05, 0.1) is 12.5 Å². The van der Waals surface area contributed by atoms with E-state index >= 15 is 0 Å². The van der Waals surface area contributed by atoms with Crippen molar-refractivity contribution in [3.63, 3.8) is 0 Å². The maximum atomic E-state index is 10.5. The molecule has 0 radical (unpaired) electrons. The molecule has 2 atom stereocenters. The van der Waals surface area contributed by atoms with Crippen molar-refractivity contribution in [1.29, 1.82) is 0 Å². The summed E-state index contributed by atoms with van der Waals surface area (Å²) in [5, 5.41) is 0. The first-order valence-corrected chi connectivity index (χ1v) is 2.81. The van der Waals surface area contributed by atoms with Crippen LogP contribution in [0.4, 0.5) is 0 Å². The molecule has 0 aromatic heterocycles. The van der Waals surface area contributed by atoms with Crippen LogP contribution in [0.2, 0.25) is 0 Å². The van der Waals surface area contributed by atoms with Crippen LogP contribution in [0, 0.1) is 0 Å². The van der Waals surface area contributed by atoms with Crippen LogP contribution in [-0.2, 0) is 9.53 Å². The number of carbonyl (C=O) groups is 1. The molecule has 0 aromatic rings. The number of esters is 1. The molecule has 1 unspecified atom stereocenters. The summed E-state index contributed by atoms with van der Waals surface area (Å²) < 4.78 is 4.74. The van der Waals surface area contributed by atoms with Crippen molar-refractivity contribution >= 4 is 5.97 Å². The molecule has 0 aromatic carbocycles. The number of carbonyl (C=O) groups excluding carboxylic acids is 1. The van der Waals surface area contributed by atoms with Crippen LogP contribution in [0.3, 0.4) is 0 Å². The van der Waals surface area contributed by atoms with Gasteiger partial charge in [-0.1, -0.05) is 6.58 Å². The van der Waals surface area contributed by atoms with Gasteiger partial charge in [-0.2, -0.15) is 0 Å². The first-order valence-electron chi connectivity index (χ1n) is 2.81. The van der Waals surface area contributed by atoms with Crippen molar-refractivity contribution in [3.05, 3.63) is 12.7 Å². The van der Waals surface area contributed by atoms with Crippen LogP contribution in [0.1, 0.15) is 6.42 Å². The second kappa shape index (κ2) is 2.19. The molecule has 0 bridgehead atoms. The SMILES string of the molecule is C=CC1OC(=O)C[C@@H]1N. The fourth-order valence-corrected chi connectivity index (χ4v) is 0.819.